The number of methoxy groups -OCH3 is 2. The number of aromatic nitrogens is 6. The Bertz CT molecular complexity index is 2160. The zero-order valence-electron chi connectivity index (χ0n) is 32.5. The number of halogens is 1. The lowest BCUT2D eigenvalue weighted by molar-refractivity contribution is 0.00578. The van der Waals surface area contributed by atoms with Crippen LogP contribution in [0.4, 0.5) is 0 Å². The normalized spacial score (nSPS) is 13.4. The van der Waals surface area contributed by atoms with Crippen LogP contribution in [0.3, 0.4) is 0 Å². The summed E-state index contributed by atoms with van der Waals surface area (Å²) in [6.45, 7) is 8.18. The summed E-state index contributed by atoms with van der Waals surface area (Å²) in [4.78, 5) is 32.4. The molecule has 20 heteroatoms. The minimum atomic E-state index is -1.07. The van der Waals surface area contributed by atoms with Crippen molar-refractivity contribution < 1.29 is 56.6 Å². The highest BCUT2D eigenvalue weighted by molar-refractivity contribution is 9.10. The monoisotopic (exact) mass is 842 g/mol. The lowest BCUT2D eigenvalue weighted by Gasteiger charge is -2.32. The summed E-state index contributed by atoms with van der Waals surface area (Å²) in [5.41, 5.74) is 3.59. The molecule has 0 amide bonds. The van der Waals surface area contributed by atoms with Crippen LogP contribution in [0, 0.1) is 0 Å². The molecule has 7 heterocycles. The molecule has 0 atom stereocenters. The second-order valence-electron chi connectivity index (χ2n) is 12.5. The van der Waals surface area contributed by atoms with Gasteiger partial charge in [-0.05, 0) is 61.8 Å². The number of aliphatic hydroxyl groups is 1. The molecule has 0 saturated carbocycles. The Morgan fingerprint density at radius 3 is 1.45 bits per heavy atom. The van der Waals surface area contributed by atoms with Crippen LogP contribution in [-0.4, -0.2) is 97.1 Å². The molecule has 1 fully saturated rings. The molecule has 1 aliphatic rings. The van der Waals surface area contributed by atoms with Crippen molar-refractivity contribution in [2.24, 2.45) is 21.1 Å². The first-order valence-corrected chi connectivity index (χ1v) is 17.3. The average Bonchev–Trinajstić information content (AvgIpc) is 4.01. The Kier molecular flexibility index (Phi) is 15.8. The highest BCUT2D eigenvalue weighted by Gasteiger charge is 2.52. The van der Waals surface area contributed by atoms with E-state index in [9.17, 15) is 14.4 Å². The summed E-state index contributed by atoms with van der Waals surface area (Å²) in [6.07, 6.45) is 9.40. The van der Waals surface area contributed by atoms with E-state index in [-0.39, 0.29) is 35.6 Å². The minimum absolute atomic E-state index is 0.0683. The van der Waals surface area contributed by atoms with Crippen molar-refractivity contribution in [3.63, 3.8) is 0 Å². The van der Waals surface area contributed by atoms with Gasteiger partial charge in [0.25, 0.3) is 0 Å². The van der Waals surface area contributed by atoms with E-state index in [1.807, 2.05) is 53.9 Å². The van der Waals surface area contributed by atoms with Crippen LogP contribution >= 0.6 is 15.9 Å². The second-order valence-corrected chi connectivity index (χ2v) is 13.4. The van der Waals surface area contributed by atoms with Gasteiger partial charge in [0, 0.05) is 76.2 Å². The van der Waals surface area contributed by atoms with E-state index < -0.39 is 17.9 Å². The number of carboxylic acids is 1. The minimum Gasteiger partial charge on any atom is -0.475 e. The highest BCUT2D eigenvalue weighted by atomic mass is 79.9. The third kappa shape index (κ3) is 11.2. The molecule has 56 heavy (non-hydrogen) atoms. The number of carboxylic acid groups (broad SMARTS) is 1. The van der Waals surface area contributed by atoms with Gasteiger partial charge >= 0.3 is 25.0 Å². The number of furan rings is 3. The van der Waals surface area contributed by atoms with E-state index in [4.69, 9.17) is 32.8 Å². The number of aliphatic hydroxyl groups excluding tert-OH is 1. The van der Waals surface area contributed by atoms with Gasteiger partial charge in [0.1, 0.15) is 18.8 Å². The molecule has 7 rings (SSSR count). The number of rotatable bonds is 6. The predicted octanol–water partition coefficient (Wildman–Crippen LogP) is 5.00. The lowest BCUT2D eigenvalue weighted by Crippen LogP contribution is -2.41. The van der Waals surface area contributed by atoms with Crippen molar-refractivity contribution >= 4 is 46.5 Å². The topological polar surface area (TPSA) is 221 Å². The smallest absolute Gasteiger partial charge is 0.475 e. The zero-order valence-corrected chi connectivity index (χ0v) is 34.1. The van der Waals surface area contributed by atoms with Gasteiger partial charge in [-0.3, -0.25) is 14.0 Å². The molecule has 1 saturated heterocycles. The number of aryl methyl sites for hydroxylation is 3. The van der Waals surface area contributed by atoms with Crippen LogP contribution in [0.2, 0.25) is 0 Å². The summed E-state index contributed by atoms with van der Waals surface area (Å²) in [5.74, 6) is -1.70. The van der Waals surface area contributed by atoms with E-state index in [1.54, 1.807) is 57.9 Å². The fourth-order valence-corrected chi connectivity index (χ4v) is 4.98. The van der Waals surface area contributed by atoms with Gasteiger partial charge in [-0.25, -0.2) is 14.4 Å². The number of carbonyl (C=O) groups is 3. The number of aromatic carboxylic acids is 1. The highest BCUT2D eigenvalue weighted by Crippen LogP contribution is 2.36. The van der Waals surface area contributed by atoms with E-state index in [2.05, 4.69) is 40.7 Å². The Hall–Kier alpha value is -5.70. The molecule has 6 aromatic rings. The second kappa shape index (κ2) is 19.8. The number of hydrogen-bond donors (Lipinski definition) is 2. The van der Waals surface area contributed by atoms with Crippen LogP contribution in [0.1, 0.15) is 59.4 Å². The molecule has 0 aromatic carbocycles. The molecule has 0 radical (unpaired) electrons. The van der Waals surface area contributed by atoms with Crippen LogP contribution in [-0.2, 0) is 39.9 Å². The molecule has 2 N–H and O–H groups in total. The maximum atomic E-state index is 11.1. The maximum Gasteiger partial charge on any atom is 0.514 e. The maximum absolute atomic E-state index is 11.1. The van der Waals surface area contributed by atoms with Crippen molar-refractivity contribution in [3.8, 4) is 22.5 Å². The largest absolute Gasteiger partial charge is 0.514 e. The number of esters is 2. The molecule has 0 spiro atoms. The van der Waals surface area contributed by atoms with Crippen LogP contribution in [0.5, 0.6) is 0 Å². The van der Waals surface area contributed by atoms with Crippen LogP contribution in [0.25, 0.3) is 22.5 Å². The Balaban J connectivity index is 0.000000199. The Morgan fingerprint density at radius 1 is 0.679 bits per heavy atom. The third-order valence-corrected chi connectivity index (χ3v) is 8.75. The van der Waals surface area contributed by atoms with Gasteiger partial charge < -0.3 is 42.2 Å². The number of hydrogen-bond acceptors (Lipinski definition) is 14. The lowest BCUT2D eigenvalue weighted by atomic mass is 9.85. The van der Waals surface area contributed by atoms with E-state index in [1.165, 1.54) is 39.1 Å². The van der Waals surface area contributed by atoms with Gasteiger partial charge in [-0.15, -0.1) is 0 Å². The Labute approximate surface area is 331 Å². The van der Waals surface area contributed by atoms with Crippen LogP contribution in [0.15, 0.2) is 91.5 Å². The van der Waals surface area contributed by atoms with Gasteiger partial charge in [0.05, 0.1) is 46.9 Å². The quantitative estimate of drug-likeness (QED) is 0.166. The molecule has 300 valence electrons. The molecular weight excluding hydrogens is 799 g/mol. The molecular formula is C36H44BBrN6O12. The van der Waals surface area contributed by atoms with Gasteiger partial charge in [0.15, 0.2) is 0 Å². The van der Waals surface area contributed by atoms with E-state index in [0.717, 1.165) is 34.1 Å². The Morgan fingerprint density at radius 2 is 1.09 bits per heavy atom. The first-order chi connectivity index (χ1) is 26.5. The van der Waals surface area contributed by atoms with Crippen molar-refractivity contribution in [2.75, 3.05) is 21.3 Å². The summed E-state index contributed by atoms with van der Waals surface area (Å²) in [7, 11) is 8.79. The van der Waals surface area contributed by atoms with E-state index in [0.29, 0.717) is 5.56 Å². The molecule has 18 nitrogen and oxygen atoms in total. The van der Waals surface area contributed by atoms with Crippen molar-refractivity contribution in [3.05, 3.63) is 95.5 Å². The fourth-order valence-electron chi connectivity index (χ4n) is 4.67. The zero-order chi connectivity index (χ0) is 41.8. The summed E-state index contributed by atoms with van der Waals surface area (Å²) < 4.78 is 41.3. The standard InChI is InChI=1S/C10H17BN2O2.C10H10N2O3.C9H8N2O3.C6H5BrO3.CH4O/c1-9(2)10(3,4)15-11(14-9)8-6-7-12-13(8)5;1-12-8(3-4-11-12)7-5-9(15-6-7)10(13)14-2;1-11-7(2-3-10-11)6-4-8(9(12)13)14-5-6;1-9-6(8)5-2-4(7)3-10-5;1-2/h6-7H,1-5H3;3-6H,1-2H3;2-5H,1H3,(H,12,13);2-3H,1H3;2H,1H3. The third-order valence-electron chi connectivity index (χ3n) is 8.34. The first kappa shape index (κ1) is 44.7. The van der Waals surface area contributed by atoms with Crippen molar-refractivity contribution in [1.82, 2.24) is 29.3 Å². The van der Waals surface area contributed by atoms with E-state index >= 15 is 0 Å². The molecule has 0 unspecified atom stereocenters. The van der Waals surface area contributed by atoms with Gasteiger partial charge in [-0.2, -0.15) is 15.3 Å². The summed E-state index contributed by atoms with van der Waals surface area (Å²) >= 11 is 3.13. The fraction of sp³-hybridized carbons (Fsp3) is 0.333. The molecule has 1 aliphatic heterocycles. The predicted molar refractivity (Wildman–Crippen MR) is 205 cm³/mol. The SMILES string of the molecule is CO.COC(=O)c1cc(-c2ccnn2C)co1.COC(=O)c1cc(Br)co1.Cn1nccc1-c1coc(C(=O)O)c1.Cn1nccc1B1OC(C)(C)C(C)(C)O1. The van der Waals surface area contributed by atoms with Crippen LogP contribution < -0.4 is 5.59 Å². The van der Waals surface area contributed by atoms with Crippen molar-refractivity contribution in [1.29, 1.82) is 0 Å². The molecule has 0 bridgehead atoms. The first-order valence-electron chi connectivity index (χ1n) is 16.5. The number of ether oxygens (including phenoxy) is 2. The number of nitrogens with zero attached hydrogens (tertiary/aromatic N) is 6. The average molecular weight is 843 g/mol. The van der Waals surface area contributed by atoms with Crippen molar-refractivity contribution in [2.45, 2.75) is 38.9 Å². The number of carbonyl (C=O) groups excluding carboxylic acids is 2. The molecule has 0 aliphatic carbocycles. The molecule has 6 aromatic heterocycles. The van der Waals surface area contributed by atoms with Gasteiger partial charge in [-0.1, -0.05) is 0 Å². The van der Waals surface area contributed by atoms with Gasteiger partial charge in [0.2, 0.25) is 17.3 Å². The summed E-state index contributed by atoms with van der Waals surface area (Å²) in [6, 6.07) is 10.2. The summed E-state index contributed by atoms with van der Waals surface area (Å²) in [5, 5.41) is 27.8.